The molecule has 1 aromatic rings. The summed E-state index contributed by atoms with van der Waals surface area (Å²) < 4.78 is 6.04. The summed E-state index contributed by atoms with van der Waals surface area (Å²) in [4.78, 5) is 0. The standard InChI is InChI=1S/C16H17NO3/c18-11-3-1-8-7-10-9-2-4-12(19)15-16(9,5-6-17-10)13(8)14(11)20-15/h1-4,9-10,12,15,17-19H,5-7H2/t9-,10-,12-,15-,16+/m0/s1. The van der Waals surface area contributed by atoms with Gasteiger partial charge in [-0.2, -0.15) is 0 Å². The van der Waals surface area contributed by atoms with E-state index in [9.17, 15) is 10.2 Å². The molecular formula is C16H17NO3. The van der Waals surface area contributed by atoms with E-state index in [4.69, 9.17) is 4.74 Å². The lowest BCUT2D eigenvalue weighted by Gasteiger charge is -2.53. The predicted octanol–water partition coefficient (Wildman–Crippen LogP) is 0.856. The first kappa shape index (κ1) is 11.2. The van der Waals surface area contributed by atoms with Crippen LogP contribution in [0.2, 0.25) is 0 Å². The molecule has 4 aliphatic rings. The van der Waals surface area contributed by atoms with Gasteiger partial charge in [0.2, 0.25) is 0 Å². The highest BCUT2D eigenvalue weighted by Gasteiger charge is 2.63. The molecule has 5 atom stereocenters. The molecule has 104 valence electrons. The highest BCUT2D eigenvalue weighted by atomic mass is 16.5. The molecule has 0 saturated carbocycles. The summed E-state index contributed by atoms with van der Waals surface area (Å²) in [6.07, 6.45) is 5.08. The second-order valence-electron chi connectivity index (χ2n) is 6.44. The Bertz CT molecular complexity index is 641. The zero-order valence-corrected chi connectivity index (χ0v) is 11.0. The first-order valence-corrected chi connectivity index (χ1v) is 7.33. The first-order chi connectivity index (χ1) is 9.72. The minimum Gasteiger partial charge on any atom is -0.504 e. The smallest absolute Gasteiger partial charge is 0.165 e. The Kier molecular flexibility index (Phi) is 1.89. The fraction of sp³-hybridized carbons (Fsp3) is 0.500. The number of hydrogen-bond donors (Lipinski definition) is 3. The molecule has 0 aromatic heterocycles. The van der Waals surface area contributed by atoms with E-state index in [0.29, 0.717) is 17.7 Å². The van der Waals surface area contributed by atoms with Gasteiger partial charge < -0.3 is 20.3 Å². The van der Waals surface area contributed by atoms with Gasteiger partial charge in [0.15, 0.2) is 11.5 Å². The Balaban J connectivity index is 1.86. The fourth-order valence-corrected chi connectivity index (χ4v) is 4.98. The topological polar surface area (TPSA) is 61.7 Å². The predicted molar refractivity (Wildman–Crippen MR) is 72.9 cm³/mol. The highest BCUT2D eigenvalue weighted by Crippen LogP contribution is 2.61. The highest BCUT2D eigenvalue weighted by molar-refractivity contribution is 5.61. The summed E-state index contributed by atoms with van der Waals surface area (Å²) in [5.74, 6) is 1.16. The van der Waals surface area contributed by atoms with Crippen molar-refractivity contribution in [1.82, 2.24) is 5.32 Å². The molecule has 1 aromatic carbocycles. The Morgan fingerprint density at radius 3 is 3.10 bits per heavy atom. The SMILES string of the molecule is Oc1ccc2c3c1O[C@H]1[C@@H](O)C=C[C@H]4[C@H](C2)NCC[C@]341. The van der Waals surface area contributed by atoms with Crippen molar-refractivity contribution < 1.29 is 14.9 Å². The van der Waals surface area contributed by atoms with Gasteiger partial charge >= 0.3 is 0 Å². The molecule has 2 aliphatic heterocycles. The lowest BCUT2D eigenvalue weighted by molar-refractivity contribution is -0.0177. The zero-order chi connectivity index (χ0) is 13.5. The molecule has 1 spiro atoms. The van der Waals surface area contributed by atoms with Gasteiger partial charge in [-0.3, -0.25) is 0 Å². The molecule has 2 bridgehead atoms. The maximum atomic E-state index is 10.4. The molecule has 0 amide bonds. The molecule has 3 N–H and O–H groups in total. The second-order valence-corrected chi connectivity index (χ2v) is 6.44. The normalized spacial score (nSPS) is 43.0. The summed E-state index contributed by atoms with van der Waals surface area (Å²) in [5, 5.41) is 24.1. The van der Waals surface area contributed by atoms with Crippen LogP contribution in [0.3, 0.4) is 0 Å². The third kappa shape index (κ3) is 1.04. The van der Waals surface area contributed by atoms with Crippen LogP contribution in [-0.2, 0) is 11.8 Å². The van der Waals surface area contributed by atoms with E-state index in [-0.39, 0.29) is 17.3 Å². The molecule has 2 heterocycles. The van der Waals surface area contributed by atoms with Gasteiger partial charge in [-0.15, -0.1) is 0 Å². The van der Waals surface area contributed by atoms with E-state index in [2.05, 4.69) is 11.4 Å². The Morgan fingerprint density at radius 2 is 2.20 bits per heavy atom. The third-order valence-electron chi connectivity index (χ3n) is 5.68. The van der Waals surface area contributed by atoms with Gasteiger partial charge in [-0.05, 0) is 31.0 Å². The third-order valence-corrected chi connectivity index (χ3v) is 5.68. The summed E-state index contributed by atoms with van der Waals surface area (Å²) in [5.41, 5.74) is 2.26. The molecule has 0 unspecified atom stereocenters. The van der Waals surface area contributed by atoms with Crippen molar-refractivity contribution in [2.75, 3.05) is 6.54 Å². The van der Waals surface area contributed by atoms with E-state index in [1.165, 1.54) is 5.56 Å². The van der Waals surface area contributed by atoms with Crippen molar-refractivity contribution in [3.63, 3.8) is 0 Å². The molecular weight excluding hydrogens is 254 g/mol. The van der Waals surface area contributed by atoms with Crippen LogP contribution in [-0.4, -0.2) is 35.0 Å². The molecule has 4 heteroatoms. The Hall–Kier alpha value is -1.52. The monoisotopic (exact) mass is 271 g/mol. The van der Waals surface area contributed by atoms with Crippen LogP contribution in [0.4, 0.5) is 0 Å². The number of phenolic OH excluding ortho intramolecular Hbond substituents is 1. The van der Waals surface area contributed by atoms with Crippen molar-refractivity contribution in [3.8, 4) is 11.5 Å². The van der Waals surface area contributed by atoms with Crippen LogP contribution < -0.4 is 10.1 Å². The van der Waals surface area contributed by atoms with Crippen LogP contribution in [0.5, 0.6) is 11.5 Å². The average Bonchev–Trinajstić information content (AvgIpc) is 2.78. The van der Waals surface area contributed by atoms with Crippen molar-refractivity contribution in [3.05, 3.63) is 35.4 Å². The number of rotatable bonds is 0. The van der Waals surface area contributed by atoms with E-state index >= 15 is 0 Å². The van der Waals surface area contributed by atoms with E-state index in [1.54, 1.807) is 6.07 Å². The number of aromatic hydroxyl groups is 1. The number of hydrogen-bond acceptors (Lipinski definition) is 4. The minimum absolute atomic E-state index is 0.161. The molecule has 1 fully saturated rings. The van der Waals surface area contributed by atoms with Gasteiger partial charge in [0.05, 0.1) is 0 Å². The van der Waals surface area contributed by atoms with Gasteiger partial charge in [0.1, 0.15) is 12.2 Å². The van der Waals surface area contributed by atoms with Gasteiger partial charge in [-0.25, -0.2) is 0 Å². The number of aliphatic hydroxyl groups excluding tert-OH is 1. The Morgan fingerprint density at radius 1 is 1.30 bits per heavy atom. The number of ether oxygens (including phenoxy) is 1. The van der Waals surface area contributed by atoms with Crippen LogP contribution in [0.25, 0.3) is 0 Å². The van der Waals surface area contributed by atoms with E-state index in [1.807, 2.05) is 12.1 Å². The molecule has 2 aliphatic carbocycles. The average molecular weight is 271 g/mol. The summed E-state index contributed by atoms with van der Waals surface area (Å²) in [6.45, 7) is 0.941. The first-order valence-electron chi connectivity index (χ1n) is 7.33. The van der Waals surface area contributed by atoms with Crippen molar-refractivity contribution in [2.24, 2.45) is 5.92 Å². The van der Waals surface area contributed by atoms with Gasteiger partial charge in [-0.1, -0.05) is 18.2 Å². The summed E-state index contributed by atoms with van der Waals surface area (Å²) in [7, 11) is 0. The Labute approximate surface area is 117 Å². The molecule has 20 heavy (non-hydrogen) atoms. The molecule has 4 nitrogen and oxygen atoms in total. The lowest BCUT2D eigenvalue weighted by Crippen LogP contribution is -2.64. The number of phenols is 1. The molecule has 0 radical (unpaired) electrons. The van der Waals surface area contributed by atoms with Gasteiger partial charge in [0, 0.05) is 22.9 Å². The van der Waals surface area contributed by atoms with Crippen LogP contribution in [0, 0.1) is 5.92 Å². The molecule has 5 rings (SSSR count). The van der Waals surface area contributed by atoms with Crippen LogP contribution in [0.15, 0.2) is 24.3 Å². The number of nitrogens with one attached hydrogen (secondary N) is 1. The van der Waals surface area contributed by atoms with Crippen LogP contribution in [0.1, 0.15) is 17.5 Å². The lowest BCUT2D eigenvalue weighted by atomic mass is 9.54. The fourth-order valence-electron chi connectivity index (χ4n) is 4.98. The van der Waals surface area contributed by atoms with Crippen molar-refractivity contribution in [1.29, 1.82) is 0 Å². The quantitative estimate of drug-likeness (QED) is 0.612. The number of aliphatic hydroxyl groups is 1. The number of piperidine rings is 1. The molecule has 1 saturated heterocycles. The second kappa shape index (κ2) is 3.38. The van der Waals surface area contributed by atoms with E-state index in [0.717, 1.165) is 24.9 Å². The van der Waals surface area contributed by atoms with E-state index < -0.39 is 6.10 Å². The summed E-state index contributed by atoms with van der Waals surface area (Å²) >= 11 is 0. The summed E-state index contributed by atoms with van der Waals surface area (Å²) in [6, 6.07) is 4.14. The van der Waals surface area contributed by atoms with Gasteiger partial charge in [0.25, 0.3) is 0 Å². The zero-order valence-electron chi connectivity index (χ0n) is 11.0. The number of benzene rings is 1. The van der Waals surface area contributed by atoms with Crippen molar-refractivity contribution in [2.45, 2.75) is 36.5 Å². The maximum absolute atomic E-state index is 10.4. The maximum Gasteiger partial charge on any atom is 0.165 e. The minimum atomic E-state index is -0.595. The van der Waals surface area contributed by atoms with Crippen LogP contribution >= 0.6 is 0 Å². The van der Waals surface area contributed by atoms with Crippen molar-refractivity contribution >= 4 is 0 Å². The largest absolute Gasteiger partial charge is 0.504 e.